The maximum absolute atomic E-state index is 4.64. The van der Waals surface area contributed by atoms with Crippen molar-refractivity contribution in [1.29, 1.82) is 0 Å². The number of tetrazole rings is 1. The number of piperazine rings is 1. The zero-order valence-electron chi connectivity index (χ0n) is 11.8. The van der Waals surface area contributed by atoms with Crippen molar-refractivity contribution < 1.29 is 0 Å². The summed E-state index contributed by atoms with van der Waals surface area (Å²) in [6, 6.07) is 0. The maximum atomic E-state index is 4.64. The molecule has 4 rings (SSSR count). The van der Waals surface area contributed by atoms with E-state index in [4.69, 9.17) is 0 Å². The highest BCUT2D eigenvalue weighted by molar-refractivity contribution is 5.55. The molecule has 1 aliphatic heterocycles. The Bertz CT molecular complexity index is 627. The maximum Gasteiger partial charge on any atom is 0.275 e. The molecule has 20 heavy (non-hydrogen) atoms. The van der Waals surface area contributed by atoms with Crippen molar-refractivity contribution in [3.8, 4) is 0 Å². The van der Waals surface area contributed by atoms with Crippen LogP contribution in [0.2, 0.25) is 0 Å². The van der Waals surface area contributed by atoms with Crippen LogP contribution in [0.5, 0.6) is 0 Å². The summed E-state index contributed by atoms with van der Waals surface area (Å²) in [5.74, 6) is 1.82. The molecule has 0 unspecified atom stereocenters. The molecule has 0 saturated carbocycles. The molecule has 0 aromatic carbocycles. The standard InChI is InChI=1S/C13H19N7/c1-18-6-8-19(9-7-18)12-10-4-2-3-5-11(10)14-13-15-16-17-20(12)13/h2-9H2,1H3. The molecule has 2 aliphatic rings. The van der Waals surface area contributed by atoms with Crippen LogP contribution in [0.4, 0.5) is 5.82 Å². The van der Waals surface area contributed by atoms with Gasteiger partial charge in [0.15, 0.2) is 0 Å². The lowest BCUT2D eigenvalue weighted by molar-refractivity contribution is 0.311. The van der Waals surface area contributed by atoms with Crippen LogP contribution < -0.4 is 4.90 Å². The van der Waals surface area contributed by atoms with Gasteiger partial charge in [0.05, 0.1) is 5.69 Å². The van der Waals surface area contributed by atoms with E-state index in [9.17, 15) is 0 Å². The lowest BCUT2D eigenvalue weighted by Gasteiger charge is -2.35. The lowest BCUT2D eigenvalue weighted by atomic mass is 9.96. The average molecular weight is 273 g/mol. The van der Waals surface area contributed by atoms with Crippen molar-refractivity contribution in [2.45, 2.75) is 25.7 Å². The minimum absolute atomic E-state index is 0.638. The number of likely N-dealkylation sites (N-methyl/N-ethyl adjacent to an activating group) is 1. The Balaban J connectivity index is 1.85. The number of nitrogens with zero attached hydrogens (tertiary/aromatic N) is 7. The highest BCUT2D eigenvalue weighted by Gasteiger charge is 2.25. The Labute approximate surface area is 117 Å². The van der Waals surface area contributed by atoms with Crippen molar-refractivity contribution in [3.05, 3.63) is 11.3 Å². The van der Waals surface area contributed by atoms with Crippen molar-refractivity contribution in [2.24, 2.45) is 0 Å². The van der Waals surface area contributed by atoms with Gasteiger partial charge in [-0.2, -0.15) is 4.52 Å². The van der Waals surface area contributed by atoms with Crippen LogP contribution in [-0.2, 0) is 12.8 Å². The molecular weight excluding hydrogens is 254 g/mol. The van der Waals surface area contributed by atoms with Crippen molar-refractivity contribution >= 4 is 11.6 Å². The van der Waals surface area contributed by atoms with Crippen molar-refractivity contribution in [2.75, 3.05) is 38.1 Å². The molecule has 0 bridgehead atoms. The van der Waals surface area contributed by atoms with Gasteiger partial charge in [-0.15, -0.1) is 0 Å². The molecule has 1 aliphatic carbocycles. The van der Waals surface area contributed by atoms with Gasteiger partial charge in [-0.25, -0.2) is 4.98 Å². The fourth-order valence-electron chi connectivity index (χ4n) is 3.23. The fourth-order valence-corrected chi connectivity index (χ4v) is 3.23. The Hall–Kier alpha value is -1.76. The van der Waals surface area contributed by atoms with Gasteiger partial charge in [-0.05, 0) is 43.2 Å². The third-order valence-electron chi connectivity index (χ3n) is 4.40. The van der Waals surface area contributed by atoms with Crippen LogP contribution in [-0.4, -0.2) is 63.2 Å². The Morgan fingerprint density at radius 1 is 1.00 bits per heavy atom. The monoisotopic (exact) mass is 273 g/mol. The predicted molar refractivity (Wildman–Crippen MR) is 74.9 cm³/mol. The average Bonchev–Trinajstić information content (AvgIpc) is 2.93. The summed E-state index contributed by atoms with van der Waals surface area (Å²) in [4.78, 5) is 9.42. The summed E-state index contributed by atoms with van der Waals surface area (Å²) in [6.07, 6.45) is 4.61. The molecule has 7 nitrogen and oxygen atoms in total. The molecule has 1 saturated heterocycles. The number of aryl methyl sites for hydroxylation is 1. The van der Waals surface area contributed by atoms with E-state index in [-0.39, 0.29) is 0 Å². The predicted octanol–water partition coefficient (Wildman–Crippen LogP) is 0.150. The summed E-state index contributed by atoms with van der Waals surface area (Å²) in [5.41, 5.74) is 2.56. The van der Waals surface area contributed by atoms with Crippen LogP contribution in [0.25, 0.3) is 5.78 Å². The van der Waals surface area contributed by atoms with Gasteiger partial charge in [0.1, 0.15) is 5.82 Å². The molecular formula is C13H19N7. The minimum atomic E-state index is 0.638. The largest absolute Gasteiger partial charge is 0.354 e. The summed E-state index contributed by atoms with van der Waals surface area (Å²) in [5, 5.41) is 12.0. The first-order valence-corrected chi connectivity index (χ1v) is 7.36. The van der Waals surface area contributed by atoms with Gasteiger partial charge >= 0.3 is 0 Å². The van der Waals surface area contributed by atoms with Crippen LogP contribution in [0.1, 0.15) is 24.1 Å². The number of rotatable bonds is 1. The quantitative estimate of drug-likeness (QED) is 0.737. The van der Waals surface area contributed by atoms with Gasteiger partial charge in [0.25, 0.3) is 5.78 Å². The minimum Gasteiger partial charge on any atom is -0.354 e. The van der Waals surface area contributed by atoms with E-state index in [0.717, 1.165) is 39.0 Å². The summed E-state index contributed by atoms with van der Waals surface area (Å²) >= 11 is 0. The molecule has 2 aromatic heterocycles. The fraction of sp³-hybridized carbons (Fsp3) is 0.692. The van der Waals surface area contributed by atoms with Gasteiger partial charge < -0.3 is 9.80 Å². The lowest BCUT2D eigenvalue weighted by Crippen LogP contribution is -2.45. The first kappa shape index (κ1) is 12.0. The van der Waals surface area contributed by atoms with Crippen LogP contribution in [0.3, 0.4) is 0 Å². The second-order valence-electron chi connectivity index (χ2n) is 5.75. The second kappa shape index (κ2) is 4.66. The number of aromatic nitrogens is 5. The summed E-state index contributed by atoms with van der Waals surface area (Å²) in [6.45, 7) is 4.23. The molecule has 0 atom stereocenters. The molecule has 3 heterocycles. The Morgan fingerprint density at radius 3 is 2.65 bits per heavy atom. The highest BCUT2D eigenvalue weighted by atomic mass is 15.6. The van der Waals surface area contributed by atoms with E-state index in [1.807, 2.05) is 4.52 Å². The van der Waals surface area contributed by atoms with Crippen molar-refractivity contribution in [3.63, 3.8) is 0 Å². The highest BCUT2D eigenvalue weighted by Crippen LogP contribution is 2.29. The van der Waals surface area contributed by atoms with E-state index in [1.54, 1.807) is 0 Å². The van der Waals surface area contributed by atoms with Gasteiger partial charge in [0, 0.05) is 31.7 Å². The van der Waals surface area contributed by atoms with Crippen LogP contribution >= 0.6 is 0 Å². The normalized spacial score (nSPS) is 20.4. The first-order chi connectivity index (χ1) is 9.83. The number of hydrogen-bond acceptors (Lipinski definition) is 6. The SMILES string of the molecule is CN1CCN(c2c3c(nc4nnnn24)CCCC3)CC1. The van der Waals surface area contributed by atoms with E-state index in [2.05, 4.69) is 37.4 Å². The topological polar surface area (TPSA) is 62.5 Å². The molecule has 0 radical (unpaired) electrons. The molecule has 0 spiro atoms. The van der Waals surface area contributed by atoms with Crippen LogP contribution in [0.15, 0.2) is 0 Å². The molecule has 0 amide bonds. The van der Waals surface area contributed by atoms with E-state index < -0.39 is 0 Å². The van der Waals surface area contributed by atoms with Gasteiger partial charge in [-0.1, -0.05) is 5.10 Å². The molecule has 106 valence electrons. The van der Waals surface area contributed by atoms with Gasteiger partial charge in [-0.3, -0.25) is 0 Å². The number of fused-ring (bicyclic) bond motifs is 2. The molecule has 2 aromatic rings. The second-order valence-corrected chi connectivity index (χ2v) is 5.75. The Kier molecular flexibility index (Phi) is 2.80. The molecule has 1 fully saturated rings. The summed E-state index contributed by atoms with van der Waals surface area (Å²) in [7, 11) is 2.17. The van der Waals surface area contributed by atoms with E-state index in [1.165, 1.54) is 29.9 Å². The smallest absolute Gasteiger partial charge is 0.275 e. The molecule has 0 N–H and O–H groups in total. The summed E-state index contributed by atoms with van der Waals surface area (Å²) < 4.78 is 1.83. The third kappa shape index (κ3) is 1.84. The number of hydrogen-bond donors (Lipinski definition) is 0. The third-order valence-corrected chi connectivity index (χ3v) is 4.40. The van der Waals surface area contributed by atoms with Crippen LogP contribution in [0, 0.1) is 0 Å². The van der Waals surface area contributed by atoms with E-state index in [0.29, 0.717) is 5.78 Å². The molecule has 7 heteroatoms. The first-order valence-electron chi connectivity index (χ1n) is 7.36. The zero-order valence-corrected chi connectivity index (χ0v) is 11.8. The van der Waals surface area contributed by atoms with Crippen molar-refractivity contribution in [1.82, 2.24) is 29.9 Å². The Morgan fingerprint density at radius 2 is 1.80 bits per heavy atom. The van der Waals surface area contributed by atoms with E-state index >= 15 is 0 Å². The van der Waals surface area contributed by atoms with Gasteiger partial charge in [0.2, 0.25) is 0 Å². The zero-order chi connectivity index (χ0) is 13.5. The number of anilines is 1.